The van der Waals surface area contributed by atoms with Gasteiger partial charge in [-0.3, -0.25) is 4.79 Å². The molecule has 45 heavy (non-hydrogen) atoms. The molecular formula is C33H44F2N4O6. The summed E-state index contributed by atoms with van der Waals surface area (Å²) in [6.45, 7) is 4.63. The third-order valence-corrected chi connectivity index (χ3v) is 9.42. The normalized spacial score (nSPS) is 28.4. The maximum atomic E-state index is 14.1. The van der Waals surface area contributed by atoms with Crippen molar-refractivity contribution in [3.8, 4) is 11.6 Å². The molecule has 1 aliphatic carbocycles. The van der Waals surface area contributed by atoms with Gasteiger partial charge < -0.3 is 29.2 Å². The zero-order valence-corrected chi connectivity index (χ0v) is 26.5. The van der Waals surface area contributed by atoms with Crippen molar-refractivity contribution in [2.24, 2.45) is 17.3 Å². The Hall–Kier alpha value is -3.57. The molecular weight excluding hydrogens is 586 g/mol. The highest BCUT2D eigenvalue weighted by atomic mass is 19.3. The SMILES string of the molecule is CC[C@@H]1[C@@H]2CN(C(=O)[C@H](C(C)(C)C)NC(=O)O[C@@H]3CCC[C@H]3CCCCCc3nc4ccc(OC(F)F)cc4nc3O2)[C@@H]1C=O. The minimum atomic E-state index is -2.98. The average molecular weight is 631 g/mol. The number of alkyl halides is 2. The minimum absolute atomic E-state index is 0.0403. The van der Waals surface area contributed by atoms with Crippen molar-refractivity contribution in [1.82, 2.24) is 20.2 Å². The lowest BCUT2D eigenvalue weighted by Gasteiger charge is -2.35. The monoisotopic (exact) mass is 630 g/mol. The summed E-state index contributed by atoms with van der Waals surface area (Å²) in [7, 11) is 0. The van der Waals surface area contributed by atoms with E-state index in [-0.39, 0.29) is 42.0 Å². The molecule has 0 radical (unpaired) electrons. The Morgan fingerprint density at radius 3 is 2.53 bits per heavy atom. The highest BCUT2D eigenvalue weighted by Gasteiger charge is 2.48. The van der Waals surface area contributed by atoms with Gasteiger partial charge >= 0.3 is 12.7 Å². The van der Waals surface area contributed by atoms with E-state index in [1.807, 2.05) is 27.7 Å². The number of amides is 2. The van der Waals surface area contributed by atoms with Crippen LogP contribution < -0.4 is 14.8 Å². The first kappa shape index (κ1) is 32.8. The van der Waals surface area contributed by atoms with E-state index in [1.54, 1.807) is 6.07 Å². The van der Waals surface area contributed by atoms with Gasteiger partial charge in [0.15, 0.2) is 0 Å². The molecule has 1 aromatic carbocycles. The Morgan fingerprint density at radius 2 is 1.82 bits per heavy atom. The van der Waals surface area contributed by atoms with Gasteiger partial charge in [0.2, 0.25) is 11.8 Å². The van der Waals surface area contributed by atoms with Crippen LogP contribution >= 0.6 is 0 Å². The van der Waals surface area contributed by atoms with Crippen molar-refractivity contribution in [3.05, 3.63) is 23.9 Å². The van der Waals surface area contributed by atoms with E-state index in [0.29, 0.717) is 29.6 Å². The fourth-order valence-electron chi connectivity index (χ4n) is 7.04. The van der Waals surface area contributed by atoms with Crippen LogP contribution in [0.5, 0.6) is 11.6 Å². The maximum absolute atomic E-state index is 14.1. The van der Waals surface area contributed by atoms with E-state index in [9.17, 15) is 23.2 Å². The van der Waals surface area contributed by atoms with Crippen LogP contribution in [0.1, 0.15) is 84.8 Å². The number of rotatable bonds is 4. The molecule has 1 saturated carbocycles. The largest absolute Gasteiger partial charge is 0.471 e. The molecule has 2 aromatic rings. The van der Waals surface area contributed by atoms with Gasteiger partial charge in [-0.15, -0.1) is 0 Å². The van der Waals surface area contributed by atoms with Crippen LogP contribution in [0.4, 0.5) is 13.6 Å². The summed E-state index contributed by atoms with van der Waals surface area (Å²) >= 11 is 0. The number of alkyl carbamates (subject to hydrolysis) is 1. The number of carbonyl (C=O) groups excluding carboxylic acids is 3. The van der Waals surface area contributed by atoms with E-state index in [0.717, 1.165) is 51.2 Å². The van der Waals surface area contributed by atoms with Gasteiger partial charge in [0, 0.05) is 12.0 Å². The zero-order valence-electron chi connectivity index (χ0n) is 26.5. The zero-order chi connectivity index (χ0) is 32.3. The van der Waals surface area contributed by atoms with Crippen molar-refractivity contribution >= 4 is 29.3 Å². The third kappa shape index (κ3) is 7.47. The van der Waals surface area contributed by atoms with Gasteiger partial charge in [0.25, 0.3) is 0 Å². The van der Waals surface area contributed by atoms with Gasteiger partial charge in [-0.25, -0.2) is 14.8 Å². The second kappa shape index (κ2) is 13.8. The Kier molecular flexibility index (Phi) is 10.1. The molecule has 2 aliphatic heterocycles. The molecule has 3 heterocycles. The van der Waals surface area contributed by atoms with Gasteiger partial charge in [-0.05, 0) is 68.4 Å². The predicted molar refractivity (Wildman–Crippen MR) is 162 cm³/mol. The molecule has 2 amide bonds. The van der Waals surface area contributed by atoms with Gasteiger partial charge in [0.1, 0.15) is 36.0 Å². The highest BCUT2D eigenvalue weighted by Crippen LogP contribution is 2.36. The second-order valence-electron chi connectivity index (χ2n) is 13.5. The molecule has 2 bridgehead atoms. The number of aromatic nitrogens is 2. The lowest BCUT2D eigenvalue weighted by atomic mass is 9.85. The summed E-state index contributed by atoms with van der Waals surface area (Å²) in [5, 5.41) is 2.84. The lowest BCUT2D eigenvalue weighted by molar-refractivity contribution is -0.139. The molecule has 12 heteroatoms. The smallest absolute Gasteiger partial charge is 0.408 e. The molecule has 1 saturated heterocycles. The van der Waals surface area contributed by atoms with Gasteiger partial charge in [-0.1, -0.05) is 40.5 Å². The van der Waals surface area contributed by atoms with Crippen molar-refractivity contribution in [3.63, 3.8) is 0 Å². The fraction of sp³-hybridized carbons (Fsp3) is 0.667. The van der Waals surface area contributed by atoms with Crippen molar-refractivity contribution < 1.29 is 37.4 Å². The molecule has 1 N–H and O–H groups in total. The van der Waals surface area contributed by atoms with Crippen LogP contribution in [-0.4, -0.2) is 70.6 Å². The number of benzene rings is 1. The first-order chi connectivity index (χ1) is 21.5. The predicted octanol–water partition coefficient (Wildman–Crippen LogP) is 5.84. The molecule has 0 spiro atoms. The number of aldehydes is 1. The minimum Gasteiger partial charge on any atom is -0.471 e. The van der Waals surface area contributed by atoms with Crippen LogP contribution in [0.25, 0.3) is 11.0 Å². The van der Waals surface area contributed by atoms with Crippen LogP contribution in [-0.2, 0) is 20.7 Å². The molecule has 6 atom stereocenters. The van der Waals surface area contributed by atoms with Crippen LogP contribution in [0.2, 0.25) is 0 Å². The summed E-state index contributed by atoms with van der Waals surface area (Å²) in [5.41, 5.74) is 0.824. The molecule has 10 nitrogen and oxygen atoms in total. The number of fused-ring (bicyclic) bond motifs is 5. The van der Waals surface area contributed by atoms with E-state index in [1.165, 1.54) is 17.0 Å². The van der Waals surface area contributed by atoms with Gasteiger partial charge in [0.05, 0.1) is 23.6 Å². The Morgan fingerprint density at radius 1 is 1.04 bits per heavy atom. The molecule has 5 rings (SSSR count). The third-order valence-electron chi connectivity index (χ3n) is 9.42. The number of nitrogens with one attached hydrogen (secondary N) is 1. The summed E-state index contributed by atoms with van der Waals surface area (Å²) in [5.74, 6) is -0.263. The quantitative estimate of drug-likeness (QED) is 0.419. The maximum Gasteiger partial charge on any atom is 0.408 e. The van der Waals surface area contributed by atoms with Crippen molar-refractivity contribution in [1.29, 1.82) is 0 Å². The summed E-state index contributed by atoms with van der Waals surface area (Å²) in [6.07, 6.45) is 6.87. The Bertz CT molecular complexity index is 1380. The number of aryl methyl sites for hydroxylation is 1. The Labute approximate surface area is 262 Å². The molecule has 3 aliphatic rings. The number of halogens is 2. The first-order valence-corrected chi connectivity index (χ1v) is 16.1. The number of hydrogen-bond donors (Lipinski definition) is 1. The van der Waals surface area contributed by atoms with Crippen molar-refractivity contribution in [2.45, 2.75) is 116 Å². The van der Waals surface area contributed by atoms with E-state index in [4.69, 9.17) is 19.4 Å². The number of hydrogen-bond acceptors (Lipinski definition) is 8. The lowest BCUT2D eigenvalue weighted by Crippen LogP contribution is -2.56. The van der Waals surface area contributed by atoms with Crippen LogP contribution in [0.3, 0.4) is 0 Å². The Balaban J connectivity index is 1.52. The summed E-state index contributed by atoms with van der Waals surface area (Å²) in [4.78, 5) is 50.8. The highest BCUT2D eigenvalue weighted by molar-refractivity contribution is 5.89. The second-order valence-corrected chi connectivity index (χ2v) is 13.5. The van der Waals surface area contributed by atoms with Crippen LogP contribution in [0.15, 0.2) is 18.2 Å². The summed E-state index contributed by atoms with van der Waals surface area (Å²) in [6, 6.07) is 2.71. The molecule has 0 unspecified atom stereocenters. The number of nitrogens with zero attached hydrogens (tertiary/aromatic N) is 3. The summed E-state index contributed by atoms with van der Waals surface area (Å²) < 4.78 is 42.8. The number of ether oxygens (including phenoxy) is 3. The fourth-order valence-corrected chi connectivity index (χ4v) is 7.04. The molecule has 246 valence electrons. The van der Waals surface area contributed by atoms with E-state index in [2.05, 4.69) is 10.1 Å². The van der Waals surface area contributed by atoms with Crippen LogP contribution in [0, 0.1) is 17.3 Å². The standard InChI is InChI=1S/C33H44F2N4O6/c1-5-21-25(18-40)39-17-27(21)44-29-23(36-22-15-14-20(43-31(34)35)16-24(22)37-29)12-8-6-7-10-19-11-9-13-26(19)45-32(42)38-28(30(39)41)33(2,3)4/h14-16,18-19,21,25-28,31H,5-13,17H2,1-4H3,(H,38,42)/t19-,21+,25-,26-,27+,28-/m1/s1. The number of carbonyl (C=O) groups is 3. The van der Waals surface area contributed by atoms with Gasteiger partial charge in [-0.2, -0.15) is 8.78 Å². The molecule has 1 aromatic heterocycles. The topological polar surface area (TPSA) is 120 Å². The first-order valence-electron chi connectivity index (χ1n) is 16.1. The van der Waals surface area contributed by atoms with Crippen molar-refractivity contribution in [2.75, 3.05) is 6.54 Å². The van der Waals surface area contributed by atoms with E-state index >= 15 is 0 Å². The molecule has 2 fully saturated rings. The average Bonchev–Trinajstić information content (AvgIpc) is 3.57. The van der Waals surface area contributed by atoms with E-state index < -0.39 is 36.3 Å².